The highest BCUT2D eigenvalue weighted by molar-refractivity contribution is 7.09. The van der Waals surface area contributed by atoms with Gasteiger partial charge in [0.1, 0.15) is 0 Å². The van der Waals surface area contributed by atoms with Crippen LogP contribution in [0.5, 0.6) is 0 Å². The van der Waals surface area contributed by atoms with Gasteiger partial charge in [0.05, 0.1) is 0 Å². The molecule has 0 radical (unpaired) electrons. The lowest BCUT2D eigenvalue weighted by Gasteiger charge is -2.10. The average molecular weight is 287 g/mol. The van der Waals surface area contributed by atoms with Gasteiger partial charge in [-0.1, -0.05) is 36.4 Å². The average Bonchev–Trinajstić information content (AvgIpc) is 3.07. The van der Waals surface area contributed by atoms with Gasteiger partial charge in [0.25, 0.3) is 5.91 Å². The Morgan fingerprint density at radius 1 is 1.10 bits per heavy atom. The number of carbonyl (C=O) groups excluding carboxylic acids is 2. The molecule has 2 aromatic rings. The van der Waals surface area contributed by atoms with Crippen molar-refractivity contribution in [2.75, 3.05) is 6.54 Å². The van der Waals surface area contributed by atoms with Crippen molar-refractivity contribution in [2.45, 2.75) is 12.5 Å². The molecule has 2 heterocycles. The first kappa shape index (κ1) is 12.9. The third-order valence-corrected chi connectivity index (χ3v) is 4.13. The molecule has 1 atom stereocenters. The van der Waals surface area contributed by atoms with E-state index in [9.17, 15) is 9.59 Å². The molecule has 3 rings (SSSR count). The Kier molecular flexibility index (Phi) is 3.52. The largest absolute Gasteiger partial charge is 0.431 e. The van der Waals surface area contributed by atoms with Crippen molar-refractivity contribution in [3.63, 3.8) is 0 Å². The molecule has 1 aromatic carbocycles. The fourth-order valence-corrected chi connectivity index (χ4v) is 2.86. The van der Waals surface area contributed by atoms with Crippen LogP contribution in [0.1, 0.15) is 16.5 Å². The van der Waals surface area contributed by atoms with E-state index >= 15 is 0 Å². The van der Waals surface area contributed by atoms with Gasteiger partial charge >= 0.3 is 6.09 Å². The third-order valence-electron chi connectivity index (χ3n) is 3.19. The summed E-state index contributed by atoms with van der Waals surface area (Å²) >= 11 is 1.62. The second-order valence-electron chi connectivity index (χ2n) is 4.49. The molecule has 1 fully saturated rings. The van der Waals surface area contributed by atoms with Crippen molar-refractivity contribution in [1.82, 2.24) is 4.90 Å². The van der Waals surface area contributed by atoms with Crippen LogP contribution in [0.25, 0.3) is 0 Å². The van der Waals surface area contributed by atoms with E-state index in [0.29, 0.717) is 18.5 Å². The molecular weight excluding hydrogens is 274 g/mol. The van der Waals surface area contributed by atoms with Crippen molar-refractivity contribution >= 4 is 23.3 Å². The van der Waals surface area contributed by atoms with E-state index in [0.717, 1.165) is 4.88 Å². The molecule has 0 saturated carbocycles. The van der Waals surface area contributed by atoms with Crippen LogP contribution in [0.4, 0.5) is 4.79 Å². The minimum Gasteiger partial charge on any atom is -0.431 e. The lowest BCUT2D eigenvalue weighted by molar-refractivity contribution is -0.129. The van der Waals surface area contributed by atoms with Crippen LogP contribution in [0.3, 0.4) is 0 Å². The zero-order chi connectivity index (χ0) is 13.9. The number of carbonyl (C=O) groups is 2. The molecule has 0 N–H and O–H groups in total. The van der Waals surface area contributed by atoms with Gasteiger partial charge in [-0.25, -0.2) is 9.69 Å². The van der Waals surface area contributed by atoms with E-state index in [1.807, 2.05) is 35.7 Å². The number of cyclic esters (lactones) is 1. The summed E-state index contributed by atoms with van der Waals surface area (Å²) < 4.78 is 5.18. The van der Waals surface area contributed by atoms with Crippen LogP contribution >= 0.6 is 11.3 Å². The van der Waals surface area contributed by atoms with Gasteiger partial charge in [-0.3, -0.25) is 4.79 Å². The van der Waals surface area contributed by atoms with Gasteiger partial charge in [-0.2, -0.15) is 0 Å². The van der Waals surface area contributed by atoms with E-state index < -0.39 is 12.2 Å². The molecule has 0 aliphatic carbocycles. The predicted molar refractivity (Wildman–Crippen MR) is 75.4 cm³/mol. The fraction of sp³-hybridized carbons (Fsp3) is 0.200. The van der Waals surface area contributed by atoms with Gasteiger partial charge in [-0.05, 0) is 11.4 Å². The smallest absolute Gasteiger partial charge is 0.417 e. The first-order chi connectivity index (χ1) is 9.75. The number of ether oxygens (including phenoxy) is 1. The monoisotopic (exact) mass is 287 g/mol. The number of benzene rings is 1. The second kappa shape index (κ2) is 5.46. The van der Waals surface area contributed by atoms with Crippen molar-refractivity contribution in [3.8, 4) is 0 Å². The molecule has 4 nitrogen and oxygen atoms in total. The summed E-state index contributed by atoms with van der Waals surface area (Å²) in [6, 6.07) is 13.0. The van der Waals surface area contributed by atoms with Crippen molar-refractivity contribution in [3.05, 3.63) is 58.3 Å². The van der Waals surface area contributed by atoms with E-state index in [4.69, 9.17) is 4.74 Å². The predicted octanol–water partition coefficient (Wildman–Crippen LogP) is 3.01. The SMILES string of the molecule is O=C1OC(c2ccccc2)C(=O)N1CCc1cccs1. The van der Waals surface area contributed by atoms with Gasteiger partial charge in [0.15, 0.2) is 0 Å². The zero-order valence-electron chi connectivity index (χ0n) is 10.7. The topological polar surface area (TPSA) is 46.6 Å². The van der Waals surface area contributed by atoms with Gasteiger partial charge < -0.3 is 4.74 Å². The maximum Gasteiger partial charge on any atom is 0.417 e. The van der Waals surface area contributed by atoms with Crippen LogP contribution in [0.2, 0.25) is 0 Å². The Hall–Kier alpha value is -2.14. The summed E-state index contributed by atoms with van der Waals surface area (Å²) in [7, 11) is 0. The summed E-state index contributed by atoms with van der Waals surface area (Å²) in [6.07, 6.45) is -0.688. The molecule has 102 valence electrons. The van der Waals surface area contributed by atoms with Crippen LogP contribution in [-0.4, -0.2) is 23.4 Å². The van der Waals surface area contributed by atoms with Crippen LogP contribution in [-0.2, 0) is 16.0 Å². The maximum absolute atomic E-state index is 12.3. The summed E-state index contributed by atoms with van der Waals surface area (Å²) in [5, 5.41) is 1.98. The molecule has 0 bridgehead atoms. The summed E-state index contributed by atoms with van der Waals surface area (Å²) in [6.45, 7) is 0.363. The Labute approximate surface area is 120 Å². The van der Waals surface area contributed by atoms with Gasteiger partial charge in [0, 0.05) is 23.4 Å². The highest BCUT2D eigenvalue weighted by Crippen LogP contribution is 2.27. The fourth-order valence-electron chi connectivity index (χ4n) is 2.16. The van der Waals surface area contributed by atoms with E-state index in [-0.39, 0.29) is 5.91 Å². The first-order valence-electron chi connectivity index (χ1n) is 6.35. The van der Waals surface area contributed by atoms with Gasteiger partial charge in [0.2, 0.25) is 6.10 Å². The summed E-state index contributed by atoms with van der Waals surface area (Å²) in [5.41, 5.74) is 0.712. The molecule has 1 unspecified atom stereocenters. The Balaban J connectivity index is 1.71. The third kappa shape index (κ3) is 2.44. The molecule has 1 aromatic heterocycles. The lowest BCUT2D eigenvalue weighted by Crippen LogP contribution is -2.31. The number of nitrogens with zero attached hydrogens (tertiary/aromatic N) is 1. The van der Waals surface area contributed by atoms with Crippen molar-refractivity contribution < 1.29 is 14.3 Å². The van der Waals surface area contributed by atoms with E-state index in [2.05, 4.69) is 0 Å². The molecule has 1 aliphatic heterocycles. The van der Waals surface area contributed by atoms with Crippen LogP contribution < -0.4 is 0 Å². The normalized spacial score (nSPS) is 18.4. The van der Waals surface area contributed by atoms with Crippen LogP contribution in [0.15, 0.2) is 47.8 Å². The zero-order valence-corrected chi connectivity index (χ0v) is 11.5. The Morgan fingerprint density at radius 2 is 1.90 bits per heavy atom. The second-order valence-corrected chi connectivity index (χ2v) is 5.53. The quantitative estimate of drug-likeness (QED) is 0.868. The molecule has 1 aliphatic rings. The number of thiophene rings is 1. The number of imide groups is 1. The maximum atomic E-state index is 12.3. The minimum atomic E-state index is -0.799. The number of hydrogen-bond donors (Lipinski definition) is 0. The molecule has 0 spiro atoms. The molecular formula is C15H13NO3S. The molecule has 2 amide bonds. The molecule has 20 heavy (non-hydrogen) atoms. The van der Waals surface area contributed by atoms with Crippen molar-refractivity contribution in [1.29, 1.82) is 0 Å². The summed E-state index contributed by atoms with van der Waals surface area (Å²) in [4.78, 5) is 26.4. The lowest BCUT2D eigenvalue weighted by atomic mass is 10.1. The summed E-state index contributed by atoms with van der Waals surface area (Å²) in [5.74, 6) is -0.280. The number of rotatable bonds is 4. The van der Waals surface area contributed by atoms with E-state index in [1.54, 1.807) is 23.5 Å². The highest BCUT2D eigenvalue weighted by atomic mass is 32.1. The Bertz CT molecular complexity index is 609. The van der Waals surface area contributed by atoms with Crippen molar-refractivity contribution in [2.24, 2.45) is 0 Å². The number of amides is 2. The van der Waals surface area contributed by atoms with Crippen LogP contribution in [0, 0.1) is 0 Å². The molecule has 5 heteroatoms. The first-order valence-corrected chi connectivity index (χ1v) is 7.23. The highest BCUT2D eigenvalue weighted by Gasteiger charge is 2.41. The van der Waals surface area contributed by atoms with Gasteiger partial charge in [-0.15, -0.1) is 11.3 Å². The van der Waals surface area contributed by atoms with E-state index in [1.165, 1.54) is 4.90 Å². The number of hydrogen-bond acceptors (Lipinski definition) is 4. The minimum absolute atomic E-state index is 0.280. The standard InChI is InChI=1S/C15H13NO3S/c17-14-13(11-5-2-1-3-6-11)19-15(18)16(14)9-8-12-7-4-10-20-12/h1-7,10,13H,8-9H2. The molecule has 1 saturated heterocycles. The Morgan fingerprint density at radius 3 is 2.60 bits per heavy atom.